The van der Waals surface area contributed by atoms with Crippen LogP contribution in [-0.2, 0) is 11.3 Å². The Hall–Kier alpha value is -1.65. The number of nitrogens with zero attached hydrogens (tertiary/aromatic N) is 1. The predicted octanol–water partition coefficient (Wildman–Crippen LogP) is 4.30. The van der Waals surface area contributed by atoms with E-state index in [0.29, 0.717) is 0 Å². The molecule has 1 aliphatic rings. The van der Waals surface area contributed by atoms with Gasteiger partial charge in [0.1, 0.15) is 0 Å². The third kappa shape index (κ3) is 3.65. The zero-order valence-electron chi connectivity index (χ0n) is 14.0. The Morgan fingerprint density at radius 1 is 1.26 bits per heavy atom. The summed E-state index contributed by atoms with van der Waals surface area (Å²) in [4.78, 5) is 10.5. The summed E-state index contributed by atoms with van der Waals surface area (Å²) in [5, 5.41) is 1.04. The second-order valence-electron chi connectivity index (χ2n) is 6.37. The second kappa shape index (κ2) is 7.75. The number of hydrogen-bond acceptors (Lipinski definition) is 4. The van der Waals surface area contributed by atoms with Crippen LogP contribution in [0.5, 0.6) is 0 Å². The number of pyridine rings is 1. The van der Waals surface area contributed by atoms with Gasteiger partial charge in [0.2, 0.25) is 0 Å². The minimum atomic E-state index is 0.155. The average molecular weight is 313 g/mol. The van der Waals surface area contributed by atoms with Gasteiger partial charge in [-0.15, -0.1) is 0 Å². The monoisotopic (exact) mass is 313 g/mol. The fourth-order valence-corrected chi connectivity index (χ4v) is 3.38. The number of nitrogens with two attached hydrogens (primary N) is 1. The van der Waals surface area contributed by atoms with E-state index in [0.717, 1.165) is 60.1 Å². The summed E-state index contributed by atoms with van der Waals surface area (Å²) in [6.45, 7) is 2.98. The lowest BCUT2D eigenvalue weighted by Crippen LogP contribution is -2.27. The molecule has 0 saturated carbocycles. The molecule has 3 rings (SSSR count). The largest absolute Gasteiger partial charge is 0.398 e. The SMILES string of the molecule is CCCCCCONC1CCCc2nc3ccccc3c(N)c21. The Labute approximate surface area is 138 Å². The van der Waals surface area contributed by atoms with E-state index >= 15 is 0 Å². The topological polar surface area (TPSA) is 60.2 Å². The van der Waals surface area contributed by atoms with Gasteiger partial charge in [-0.3, -0.25) is 4.98 Å². The van der Waals surface area contributed by atoms with E-state index in [1.54, 1.807) is 0 Å². The Bertz CT molecular complexity index is 656. The maximum absolute atomic E-state index is 6.46. The highest BCUT2D eigenvalue weighted by Crippen LogP contribution is 2.36. The molecule has 0 fully saturated rings. The molecular weight excluding hydrogens is 286 g/mol. The zero-order valence-corrected chi connectivity index (χ0v) is 14.0. The fourth-order valence-electron chi connectivity index (χ4n) is 3.38. The maximum atomic E-state index is 6.46. The number of aryl methyl sites for hydroxylation is 1. The number of unbranched alkanes of at least 4 members (excludes halogenated alkanes) is 3. The summed E-state index contributed by atoms with van der Waals surface area (Å²) in [7, 11) is 0. The molecule has 0 spiro atoms. The minimum absolute atomic E-state index is 0.155. The molecule has 0 radical (unpaired) electrons. The molecule has 1 unspecified atom stereocenters. The van der Waals surface area contributed by atoms with Gasteiger partial charge in [-0.1, -0.05) is 44.4 Å². The van der Waals surface area contributed by atoms with Crippen molar-refractivity contribution in [1.82, 2.24) is 10.5 Å². The summed E-state index contributed by atoms with van der Waals surface area (Å²) in [6.07, 6.45) is 8.02. The first kappa shape index (κ1) is 16.2. The van der Waals surface area contributed by atoms with E-state index in [4.69, 9.17) is 15.6 Å². The molecular formula is C19H27N3O. The summed E-state index contributed by atoms with van der Waals surface area (Å²) in [6, 6.07) is 8.27. The first-order valence-electron chi connectivity index (χ1n) is 8.85. The van der Waals surface area contributed by atoms with Crippen LogP contribution in [0.1, 0.15) is 62.7 Å². The summed E-state index contributed by atoms with van der Waals surface area (Å²) >= 11 is 0. The smallest absolute Gasteiger partial charge is 0.0726 e. The third-order valence-electron chi connectivity index (χ3n) is 4.63. The molecule has 23 heavy (non-hydrogen) atoms. The number of anilines is 1. The molecule has 4 nitrogen and oxygen atoms in total. The van der Waals surface area contributed by atoms with Crippen LogP contribution in [0.4, 0.5) is 5.69 Å². The van der Waals surface area contributed by atoms with Crippen LogP contribution in [0.2, 0.25) is 0 Å². The Morgan fingerprint density at radius 3 is 3.00 bits per heavy atom. The number of aromatic nitrogens is 1. The van der Waals surface area contributed by atoms with E-state index in [2.05, 4.69) is 18.5 Å². The van der Waals surface area contributed by atoms with Crippen molar-refractivity contribution in [3.05, 3.63) is 35.5 Å². The minimum Gasteiger partial charge on any atom is -0.398 e. The predicted molar refractivity (Wildman–Crippen MR) is 95.1 cm³/mol. The number of nitrogens with one attached hydrogen (secondary N) is 1. The van der Waals surface area contributed by atoms with Gasteiger partial charge in [0.15, 0.2) is 0 Å². The van der Waals surface area contributed by atoms with E-state index in [9.17, 15) is 0 Å². The van der Waals surface area contributed by atoms with Gasteiger partial charge in [-0.05, 0) is 31.7 Å². The van der Waals surface area contributed by atoms with Crippen LogP contribution in [0.25, 0.3) is 10.9 Å². The molecule has 1 aliphatic carbocycles. The van der Waals surface area contributed by atoms with Gasteiger partial charge in [0.25, 0.3) is 0 Å². The molecule has 0 bridgehead atoms. The first-order valence-corrected chi connectivity index (χ1v) is 8.85. The van der Waals surface area contributed by atoms with Crippen LogP contribution < -0.4 is 11.2 Å². The molecule has 3 N–H and O–H groups in total. The van der Waals surface area contributed by atoms with Crippen molar-refractivity contribution in [2.24, 2.45) is 0 Å². The Balaban J connectivity index is 1.72. The number of hydrogen-bond donors (Lipinski definition) is 2. The van der Waals surface area contributed by atoms with Crippen LogP contribution in [0.3, 0.4) is 0 Å². The fraction of sp³-hybridized carbons (Fsp3) is 0.526. The molecule has 4 heteroatoms. The molecule has 2 aromatic rings. The van der Waals surface area contributed by atoms with Gasteiger partial charge in [-0.25, -0.2) is 0 Å². The Kier molecular flexibility index (Phi) is 5.47. The highest BCUT2D eigenvalue weighted by Gasteiger charge is 2.25. The summed E-state index contributed by atoms with van der Waals surface area (Å²) in [5.41, 5.74) is 13.8. The zero-order chi connectivity index (χ0) is 16.1. The number of rotatable bonds is 7. The highest BCUT2D eigenvalue weighted by atomic mass is 16.6. The average Bonchev–Trinajstić information content (AvgIpc) is 2.58. The maximum Gasteiger partial charge on any atom is 0.0726 e. The Morgan fingerprint density at radius 2 is 2.13 bits per heavy atom. The van der Waals surface area contributed by atoms with Gasteiger partial charge >= 0.3 is 0 Å². The number of hydroxylamine groups is 1. The van der Waals surface area contributed by atoms with E-state index < -0.39 is 0 Å². The van der Waals surface area contributed by atoms with Crippen LogP contribution in [-0.4, -0.2) is 11.6 Å². The number of nitrogen functional groups attached to an aromatic ring is 1. The third-order valence-corrected chi connectivity index (χ3v) is 4.63. The van der Waals surface area contributed by atoms with Crippen molar-refractivity contribution >= 4 is 16.6 Å². The normalized spacial score (nSPS) is 17.3. The molecule has 1 heterocycles. The van der Waals surface area contributed by atoms with Crippen LogP contribution in [0.15, 0.2) is 24.3 Å². The first-order chi connectivity index (χ1) is 11.3. The lowest BCUT2D eigenvalue weighted by Gasteiger charge is -2.27. The van der Waals surface area contributed by atoms with Crippen molar-refractivity contribution in [2.75, 3.05) is 12.3 Å². The van der Waals surface area contributed by atoms with E-state index in [1.807, 2.05) is 18.2 Å². The lowest BCUT2D eigenvalue weighted by atomic mass is 9.89. The molecule has 0 aliphatic heterocycles. The molecule has 1 atom stereocenters. The summed E-state index contributed by atoms with van der Waals surface area (Å²) in [5.74, 6) is 0. The van der Waals surface area contributed by atoms with Crippen molar-refractivity contribution in [1.29, 1.82) is 0 Å². The van der Waals surface area contributed by atoms with E-state index in [-0.39, 0.29) is 6.04 Å². The van der Waals surface area contributed by atoms with E-state index in [1.165, 1.54) is 19.3 Å². The van der Waals surface area contributed by atoms with Crippen molar-refractivity contribution in [2.45, 2.75) is 57.9 Å². The van der Waals surface area contributed by atoms with Crippen molar-refractivity contribution in [3.8, 4) is 0 Å². The number of benzene rings is 1. The summed E-state index contributed by atoms with van der Waals surface area (Å²) < 4.78 is 0. The molecule has 124 valence electrons. The van der Waals surface area contributed by atoms with Crippen LogP contribution in [0, 0.1) is 0 Å². The molecule has 1 aromatic heterocycles. The number of fused-ring (bicyclic) bond motifs is 2. The number of para-hydroxylation sites is 1. The van der Waals surface area contributed by atoms with Gasteiger partial charge in [0, 0.05) is 22.3 Å². The molecule has 1 aromatic carbocycles. The highest BCUT2D eigenvalue weighted by molar-refractivity contribution is 5.92. The van der Waals surface area contributed by atoms with Crippen molar-refractivity contribution in [3.63, 3.8) is 0 Å². The van der Waals surface area contributed by atoms with Crippen molar-refractivity contribution < 1.29 is 4.84 Å². The quantitative estimate of drug-likeness (QED) is 0.591. The second-order valence-corrected chi connectivity index (χ2v) is 6.37. The lowest BCUT2D eigenvalue weighted by molar-refractivity contribution is 0.00927. The standard InChI is InChI=1S/C19H27N3O/c1-2-3-4-7-13-23-22-17-12-8-11-16-18(17)19(20)14-9-5-6-10-15(14)21-16/h5-6,9-10,17,22H,2-4,7-8,11-13H2,1H3,(H2,20,21). The van der Waals surface area contributed by atoms with Gasteiger partial charge in [-0.2, -0.15) is 5.48 Å². The van der Waals surface area contributed by atoms with Crippen LogP contribution >= 0.6 is 0 Å². The van der Waals surface area contributed by atoms with Gasteiger partial charge in [0.05, 0.1) is 18.2 Å². The van der Waals surface area contributed by atoms with Gasteiger partial charge < -0.3 is 10.6 Å². The molecule has 0 saturated heterocycles. The molecule has 0 amide bonds.